The number of carbonyl (C=O) groups is 1. The van der Waals surface area contributed by atoms with Crippen molar-refractivity contribution in [3.05, 3.63) is 18.7 Å². The van der Waals surface area contributed by atoms with Crippen molar-refractivity contribution < 1.29 is 14.3 Å². The number of allylic oxidation sites excluding steroid dienone is 1. The molecule has 0 amide bonds. The Hall–Kier alpha value is -3.05. The molecule has 2 aliphatic heterocycles. The zero-order valence-electron chi connectivity index (χ0n) is 15.9. The first-order chi connectivity index (χ1) is 14.2. The lowest BCUT2D eigenvalue weighted by molar-refractivity contribution is -0.131. The lowest BCUT2D eigenvalue weighted by atomic mass is 10.1. The molecule has 0 aliphatic carbocycles. The summed E-state index contributed by atoms with van der Waals surface area (Å²) in [5, 5.41) is 4.15. The Kier molecular flexibility index (Phi) is 5.67. The molecule has 1 fully saturated rings. The Morgan fingerprint density at radius 1 is 1.38 bits per heavy atom. The van der Waals surface area contributed by atoms with E-state index in [2.05, 4.69) is 25.5 Å². The first-order valence-electron chi connectivity index (χ1n) is 9.63. The predicted molar refractivity (Wildman–Crippen MR) is 107 cm³/mol. The number of nitrogens with one attached hydrogen (secondary N) is 1. The molecule has 1 saturated heterocycles. The van der Waals surface area contributed by atoms with E-state index in [1.54, 1.807) is 23.4 Å². The van der Waals surface area contributed by atoms with Gasteiger partial charge in [-0.2, -0.15) is 15.1 Å². The van der Waals surface area contributed by atoms with Crippen molar-refractivity contribution in [3.8, 4) is 0 Å². The van der Waals surface area contributed by atoms with Crippen molar-refractivity contribution in [2.24, 2.45) is 10.8 Å². The number of nitrogens with two attached hydrogens (primary N) is 2. The Balaban J connectivity index is 1.50. The summed E-state index contributed by atoms with van der Waals surface area (Å²) in [7, 11) is 0. The summed E-state index contributed by atoms with van der Waals surface area (Å²) < 4.78 is 13.1. The molecule has 0 spiro atoms. The van der Waals surface area contributed by atoms with Gasteiger partial charge in [0.15, 0.2) is 17.2 Å². The Morgan fingerprint density at radius 3 is 3.07 bits per heavy atom. The zero-order chi connectivity index (χ0) is 20.2. The van der Waals surface area contributed by atoms with Crippen LogP contribution in [0.25, 0.3) is 11.2 Å². The normalized spacial score (nSPS) is 24.2. The van der Waals surface area contributed by atoms with E-state index >= 15 is 0 Å². The SMILES string of the molecule is NCCC(=O)[C@@H]1CC[C@H](n2cnc3c(N)nc(N/N=C/C4CCC=CO4)nc32)O1. The highest BCUT2D eigenvalue weighted by Gasteiger charge is 2.32. The van der Waals surface area contributed by atoms with Crippen LogP contribution in [0.3, 0.4) is 0 Å². The van der Waals surface area contributed by atoms with Gasteiger partial charge in [-0.15, -0.1) is 0 Å². The van der Waals surface area contributed by atoms with E-state index in [1.807, 2.05) is 6.08 Å². The van der Waals surface area contributed by atoms with Gasteiger partial charge < -0.3 is 20.9 Å². The molecule has 11 nitrogen and oxygen atoms in total. The van der Waals surface area contributed by atoms with Gasteiger partial charge in [-0.3, -0.25) is 9.36 Å². The summed E-state index contributed by atoms with van der Waals surface area (Å²) in [6.07, 6.45) is 9.44. The Labute approximate surface area is 167 Å². The Bertz CT molecular complexity index is 941. The number of imidazole rings is 1. The van der Waals surface area contributed by atoms with Crippen molar-refractivity contribution in [1.29, 1.82) is 0 Å². The van der Waals surface area contributed by atoms with Crippen LogP contribution in [-0.2, 0) is 14.3 Å². The molecule has 2 aliphatic rings. The van der Waals surface area contributed by atoms with Gasteiger partial charge in [0.2, 0.25) is 5.95 Å². The van der Waals surface area contributed by atoms with Crippen molar-refractivity contribution in [2.45, 2.75) is 50.5 Å². The van der Waals surface area contributed by atoms with Gasteiger partial charge in [0.25, 0.3) is 0 Å². The lowest BCUT2D eigenvalue weighted by Crippen LogP contribution is -2.23. The van der Waals surface area contributed by atoms with E-state index in [0.717, 1.165) is 12.8 Å². The van der Waals surface area contributed by atoms with E-state index in [9.17, 15) is 4.79 Å². The zero-order valence-corrected chi connectivity index (χ0v) is 15.9. The third kappa shape index (κ3) is 4.20. The van der Waals surface area contributed by atoms with Crippen LogP contribution < -0.4 is 16.9 Å². The second-order valence-corrected chi connectivity index (χ2v) is 6.93. The van der Waals surface area contributed by atoms with Crippen LogP contribution >= 0.6 is 0 Å². The first kappa shape index (κ1) is 19.3. The van der Waals surface area contributed by atoms with Crippen LogP contribution in [-0.4, -0.2) is 50.3 Å². The highest BCUT2D eigenvalue weighted by atomic mass is 16.5. The van der Waals surface area contributed by atoms with Gasteiger partial charge >= 0.3 is 0 Å². The molecule has 29 heavy (non-hydrogen) atoms. The number of aromatic nitrogens is 4. The van der Waals surface area contributed by atoms with Crippen molar-refractivity contribution in [2.75, 3.05) is 17.7 Å². The monoisotopic (exact) mass is 400 g/mol. The maximum absolute atomic E-state index is 12.1. The van der Waals surface area contributed by atoms with E-state index in [1.165, 1.54) is 0 Å². The highest BCUT2D eigenvalue weighted by Crippen LogP contribution is 2.32. The number of nitrogen functional groups attached to an aromatic ring is 1. The number of Topliss-reactive ketones (excluding diaryl/α,β-unsaturated/α-hetero) is 1. The van der Waals surface area contributed by atoms with Crippen molar-refractivity contribution in [3.63, 3.8) is 0 Å². The Morgan fingerprint density at radius 2 is 2.28 bits per heavy atom. The third-order valence-corrected chi connectivity index (χ3v) is 4.88. The standard InChI is InChI=1S/C18H24N8O3/c19-7-6-12(27)13-4-5-14(29-13)26-10-21-15-16(20)23-18(24-17(15)26)25-22-9-11-3-1-2-8-28-11/h2,8-11,13-14H,1,3-7,19H2,(H3,20,23,24,25)/b22-9+/t11?,13-,14+/m0/s1. The van der Waals surface area contributed by atoms with E-state index in [-0.39, 0.29) is 29.9 Å². The van der Waals surface area contributed by atoms with Gasteiger partial charge in [-0.25, -0.2) is 10.4 Å². The maximum atomic E-state index is 12.1. The number of hydrogen-bond donors (Lipinski definition) is 3. The van der Waals surface area contributed by atoms with Gasteiger partial charge in [0, 0.05) is 6.42 Å². The molecule has 1 unspecified atom stereocenters. The van der Waals surface area contributed by atoms with Crippen LogP contribution in [0.1, 0.15) is 38.3 Å². The second kappa shape index (κ2) is 8.53. The fourth-order valence-corrected chi connectivity index (χ4v) is 3.40. The predicted octanol–water partition coefficient (Wildman–Crippen LogP) is 1.09. The summed E-state index contributed by atoms with van der Waals surface area (Å²) in [6, 6.07) is 0. The second-order valence-electron chi connectivity index (χ2n) is 6.93. The molecule has 0 saturated carbocycles. The van der Waals surface area contributed by atoms with Crippen molar-refractivity contribution >= 4 is 34.9 Å². The fourth-order valence-electron chi connectivity index (χ4n) is 3.40. The summed E-state index contributed by atoms with van der Waals surface area (Å²) in [5.41, 5.74) is 15.3. The molecule has 2 aromatic heterocycles. The number of rotatable bonds is 7. The van der Waals surface area contributed by atoms with Crippen LogP contribution in [0.4, 0.5) is 11.8 Å². The maximum Gasteiger partial charge on any atom is 0.247 e. The largest absolute Gasteiger partial charge is 0.493 e. The number of anilines is 2. The minimum Gasteiger partial charge on any atom is -0.493 e. The summed E-state index contributed by atoms with van der Waals surface area (Å²) in [4.78, 5) is 25.0. The molecule has 5 N–H and O–H groups in total. The summed E-state index contributed by atoms with van der Waals surface area (Å²) >= 11 is 0. The molecule has 154 valence electrons. The lowest BCUT2D eigenvalue weighted by Gasteiger charge is -2.15. The molecule has 0 aromatic carbocycles. The van der Waals surface area contributed by atoms with Crippen molar-refractivity contribution in [1.82, 2.24) is 19.5 Å². The number of nitrogens with zero attached hydrogens (tertiary/aromatic N) is 5. The quantitative estimate of drug-likeness (QED) is 0.457. The van der Waals surface area contributed by atoms with Crippen LogP contribution in [0.2, 0.25) is 0 Å². The number of ether oxygens (including phenoxy) is 2. The first-order valence-corrected chi connectivity index (χ1v) is 9.63. The van der Waals surface area contributed by atoms with Gasteiger partial charge in [0.1, 0.15) is 24.0 Å². The molecule has 3 atom stereocenters. The number of fused-ring (bicyclic) bond motifs is 1. The minimum absolute atomic E-state index is 0.0185. The van der Waals surface area contributed by atoms with E-state index < -0.39 is 6.10 Å². The molecule has 4 heterocycles. The van der Waals surface area contributed by atoms with E-state index in [4.69, 9.17) is 20.9 Å². The minimum atomic E-state index is -0.452. The van der Waals surface area contributed by atoms with Gasteiger partial charge in [-0.1, -0.05) is 0 Å². The number of hydrazone groups is 1. The molecule has 2 aromatic rings. The average Bonchev–Trinajstić information content (AvgIpc) is 3.36. The molecular formula is C18H24N8O3. The van der Waals surface area contributed by atoms with Crippen LogP contribution in [0, 0.1) is 0 Å². The van der Waals surface area contributed by atoms with Crippen LogP contribution in [0.5, 0.6) is 0 Å². The third-order valence-electron chi connectivity index (χ3n) is 4.88. The highest BCUT2D eigenvalue weighted by molar-refractivity contribution is 5.84. The molecule has 0 bridgehead atoms. The average molecular weight is 400 g/mol. The van der Waals surface area contributed by atoms with Gasteiger partial charge in [-0.05, 0) is 38.3 Å². The molecule has 11 heteroatoms. The summed E-state index contributed by atoms with van der Waals surface area (Å²) in [5.74, 6) is 0.496. The number of hydrogen-bond acceptors (Lipinski definition) is 10. The smallest absolute Gasteiger partial charge is 0.247 e. The van der Waals surface area contributed by atoms with Gasteiger partial charge in [0.05, 0.1) is 18.8 Å². The molecular weight excluding hydrogens is 376 g/mol. The number of ketones is 1. The fraction of sp³-hybridized carbons (Fsp3) is 0.500. The molecule has 4 rings (SSSR count). The van der Waals surface area contributed by atoms with E-state index in [0.29, 0.717) is 37.0 Å². The topological polar surface area (TPSA) is 156 Å². The van der Waals surface area contributed by atoms with Crippen LogP contribution in [0.15, 0.2) is 23.8 Å². The number of carbonyl (C=O) groups excluding carboxylic acids is 1. The summed E-state index contributed by atoms with van der Waals surface area (Å²) in [6.45, 7) is 0.318. The molecule has 0 radical (unpaired) electrons.